The third kappa shape index (κ3) is 3.21. The number of rotatable bonds is 5. The molecule has 1 atom stereocenters. The number of amides is 1. The Kier molecular flexibility index (Phi) is 4.53. The lowest BCUT2D eigenvalue weighted by Crippen LogP contribution is -2.43. The van der Waals surface area contributed by atoms with Crippen molar-refractivity contribution < 1.29 is 19.8 Å². The summed E-state index contributed by atoms with van der Waals surface area (Å²) < 4.78 is 3.66. The number of aliphatic hydroxyl groups is 1. The lowest BCUT2D eigenvalue weighted by Gasteiger charge is -2.11. The van der Waals surface area contributed by atoms with Crippen LogP contribution in [0, 0.1) is 0 Å². The summed E-state index contributed by atoms with van der Waals surface area (Å²) in [6.45, 7) is 3.05. The Labute approximate surface area is 102 Å². The summed E-state index contributed by atoms with van der Waals surface area (Å²) in [7, 11) is 0. The Morgan fingerprint density at radius 3 is 2.59 bits per heavy atom. The van der Waals surface area contributed by atoms with E-state index in [1.807, 2.05) is 13.8 Å². The number of aliphatic carboxylic acids is 1. The Bertz CT molecular complexity index is 418. The molecule has 1 rings (SSSR count). The predicted octanol–water partition coefficient (Wildman–Crippen LogP) is -0.163. The van der Waals surface area contributed by atoms with Crippen molar-refractivity contribution in [3.8, 4) is 0 Å². The van der Waals surface area contributed by atoms with Gasteiger partial charge in [-0.15, -0.1) is 5.10 Å². The summed E-state index contributed by atoms with van der Waals surface area (Å²) in [5.41, 5.74) is 0.523. The number of carboxylic acid groups (broad SMARTS) is 1. The van der Waals surface area contributed by atoms with Crippen LogP contribution in [0.15, 0.2) is 0 Å². The van der Waals surface area contributed by atoms with E-state index in [1.165, 1.54) is 0 Å². The molecule has 8 heteroatoms. The van der Waals surface area contributed by atoms with Gasteiger partial charge in [-0.1, -0.05) is 18.3 Å². The Hall–Kier alpha value is -1.54. The van der Waals surface area contributed by atoms with Crippen molar-refractivity contribution in [1.29, 1.82) is 0 Å². The molecule has 0 fully saturated rings. The first-order valence-corrected chi connectivity index (χ1v) is 5.71. The normalized spacial score (nSPS) is 12.5. The van der Waals surface area contributed by atoms with E-state index in [1.54, 1.807) is 0 Å². The van der Waals surface area contributed by atoms with Gasteiger partial charge in [0.05, 0.1) is 12.3 Å². The highest BCUT2D eigenvalue weighted by molar-refractivity contribution is 7.08. The number of aliphatic hydroxyl groups excluding tert-OH is 1. The SMILES string of the molecule is CC(C)c1nnsc1C(=O)N[C@H](CO)C(=O)O. The Morgan fingerprint density at radius 1 is 1.47 bits per heavy atom. The average molecular weight is 259 g/mol. The van der Waals surface area contributed by atoms with E-state index in [0.29, 0.717) is 5.69 Å². The highest BCUT2D eigenvalue weighted by Crippen LogP contribution is 2.19. The molecule has 94 valence electrons. The van der Waals surface area contributed by atoms with Crippen molar-refractivity contribution in [3.63, 3.8) is 0 Å². The van der Waals surface area contributed by atoms with Crippen LogP contribution >= 0.6 is 11.5 Å². The summed E-state index contributed by atoms with van der Waals surface area (Å²) in [5, 5.41) is 23.5. The van der Waals surface area contributed by atoms with Crippen molar-refractivity contribution in [1.82, 2.24) is 14.9 Å². The van der Waals surface area contributed by atoms with E-state index in [9.17, 15) is 9.59 Å². The molecule has 1 amide bonds. The summed E-state index contributed by atoms with van der Waals surface area (Å²) in [6.07, 6.45) is 0. The molecule has 0 saturated carbocycles. The zero-order chi connectivity index (χ0) is 13.0. The number of hydrogen-bond acceptors (Lipinski definition) is 6. The van der Waals surface area contributed by atoms with Crippen LogP contribution in [0.2, 0.25) is 0 Å². The first-order chi connectivity index (χ1) is 7.97. The third-order valence-corrected chi connectivity index (χ3v) is 2.79. The van der Waals surface area contributed by atoms with E-state index in [-0.39, 0.29) is 10.8 Å². The minimum atomic E-state index is -1.32. The number of nitrogens with one attached hydrogen (secondary N) is 1. The maximum atomic E-state index is 11.7. The van der Waals surface area contributed by atoms with E-state index >= 15 is 0 Å². The number of carbonyl (C=O) groups excluding carboxylic acids is 1. The second kappa shape index (κ2) is 5.69. The molecule has 7 nitrogen and oxygen atoms in total. The maximum absolute atomic E-state index is 11.7. The van der Waals surface area contributed by atoms with Crippen molar-refractivity contribution in [2.24, 2.45) is 0 Å². The third-order valence-electron chi connectivity index (χ3n) is 2.05. The van der Waals surface area contributed by atoms with Crippen LogP contribution < -0.4 is 5.32 Å². The minimum absolute atomic E-state index is 0.0203. The minimum Gasteiger partial charge on any atom is -0.480 e. The molecule has 0 unspecified atom stereocenters. The lowest BCUT2D eigenvalue weighted by atomic mass is 10.1. The van der Waals surface area contributed by atoms with Crippen LogP contribution in [0.3, 0.4) is 0 Å². The summed E-state index contributed by atoms with van der Waals surface area (Å²) in [4.78, 5) is 22.7. The fourth-order valence-corrected chi connectivity index (χ4v) is 1.86. The van der Waals surface area contributed by atoms with Gasteiger partial charge in [0.15, 0.2) is 6.04 Å². The second-order valence-electron chi connectivity index (χ2n) is 3.69. The zero-order valence-electron chi connectivity index (χ0n) is 9.38. The molecule has 0 aliphatic carbocycles. The van der Waals surface area contributed by atoms with Gasteiger partial charge >= 0.3 is 5.97 Å². The van der Waals surface area contributed by atoms with Gasteiger partial charge in [-0.2, -0.15) is 0 Å². The van der Waals surface area contributed by atoms with Crippen molar-refractivity contribution in [2.75, 3.05) is 6.61 Å². The van der Waals surface area contributed by atoms with E-state index in [0.717, 1.165) is 11.5 Å². The quantitative estimate of drug-likeness (QED) is 0.677. The standard InChI is InChI=1S/C9H13N3O4S/c1-4(2)6-7(17-12-11-6)8(14)10-5(3-13)9(15)16/h4-5,13H,3H2,1-2H3,(H,10,14)(H,15,16)/t5-/m1/s1. The molecule has 0 bridgehead atoms. The molecule has 1 aromatic heterocycles. The number of nitrogens with zero attached hydrogens (tertiary/aromatic N) is 2. The fraction of sp³-hybridized carbons (Fsp3) is 0.556. The smallest absolute Gasteiger partial charge is 0.328 e. The van der Waals surface area contributed by atoms with Gasteiger partial charge in [0, 0.05) is 0 Å². The van der Waals surface area contributed by atoms with Crippen LogP contribution in [-0.2, 0) is 4.79 Å². The molecule has 0 saturated heterocycles. The van der Waals surface area contributed by atoms with Crippen LogP contribution in [0.1, 0.15) is 35.1 Å². The molecule has 0 aliphatic heterocycles. The molecule has 0 spiro atoms. The monoisotopic (exact) mass is 259 g/mol. The van der Waals surface area contributed by atoms with Crippen LogP contribution in [-0.4, -0.2) is 44.3 Å². The first kappa shape index (κ1) is 13.5. The fourth-order valence-electron chi connectivity index (χ4n) is 1.14. The van der Waals surface area contributed by atoms with Crippen molar-refractivity contribution in [2.45, 2.75) is 25.8 Å². The molecular formula is C9H13N3O4S. The second-order valence-corrected chi connectivity index (χ2v) is 4.44. The lowest BCUT2D eigenvalue weighted by molar-refractivity contribution is -0.140. The molecular weight excluding hydrogens is 246 g/mol. The highest BCUT2D eigenvalue weighted by atomic mass is 32.1. The Balaban J connectivity index is 2.82. The molecule has 0 aliphatic rings. The average Bonchev–Trinajstić information content (AvgIpc) is 2.73. The van der Waals surface area contributed by atoms with Gasteiger partial charge in [-0.25, -0.2) is 4.79 Å². The molecule has 0 radical (unpaired) electrons. The molecule has 3 N–H and O–H groups in total. The van der Waals surface area contributed by atoms with Crippen LogP contribution in [0.5, 0.6) is 0 Å². The summed E-state index contributed by atoms with van der Waals surface area (Å²) in [5.74, 6) is -1.85. The van der Waals surface area contributed by atoms with Gasteiger partial charge in [-0.05, 0) is 17.5 Å². The van der Waals surface area contributed by atoms with E-state index in [2.05, 4.69) is 14.9 Å². The predicted molar refractivity (Wildman–Crippen MR) is 60.0 cm³/mol. The molecule has 1 heterocycles. The van der Waals surface area contributed by atoms with E-state index < -0.39 is 24.5 Å². The van der Waals surface area contributed by atoms with Crippen molar-refractivity contribution >= 4 is 23.4 Å². The number of carbonyl (C=O) groups is 2. The van der Waals surface area contributed by atoms with Crippen molar-refractivity contribution in [3.05, 3.63) is 10.6 Å². The van der Waals surface area contributed by atoms with Gasteiger partial charge in [-0.3, -0.25) is 4.79 Å². The molecule has 1 aromatic rings. The van der Waals surface area contributed by atoms with Gasteiger partial charge in [0.1, 0.15) is 4.88 Å². The summed E-state index contributed by atoms with van der Waals surface area (Å²) in [6, 6.07) is -1.32. The maximum Gasteiger partial charge on any atom is 0.328 e. The first-order valence-electron chi connectivity index (χ1n) is 4.94. The highest BCUT2D eigenvalue weighted by Gasteiger charge is 2.24. The van der Waals surface area contributed by atoms with Crippen LogP contribution in [0.4, 0.5) is 0 Å². The van der Waals surface area contributed by atoms with E-state index in [4.69, 9.17) is 10.2 Å². The number of carboxylic acids is 1. The molecule has 0 aromatic carbocycles. The number of hydrogen-bond donors (Lipinski definition) is 3. The topological polar surface area (TPSA) is 112 Å². The Morgan fingerprint density at radius 2 is 2.12 bits per heavy atom. The molecule has 17 heavy (non-hydrogen) atoms. The summed E-state index contributed by atoms with van der Waals surface area (Å²) >= 11 is 0.902. The largest absolute Gasteiger partial charge is 0.480 e. The van der Waals surface area contributed by atoms with Crippen LogP contribution in [0.25, 0.3) is 0 Å². The van der Waals surface area contributed by atoms with Gasteiger partial charge in [0.25, 0.3) is 5.91 Å². The zero-order valence-corrected chi connectivity index (χ0v) is 10.2. The van der Waals surface area contributed by atoms with Gasteiger partial charge < -0.3 is 15.5 Å². The van der Waals surface area contributed by atoms with Gasteiger partial charge in [0.2, 0.25) is 0 Å². The number of aromatic nitrogens is 2.